The molecule has 0 radical (unpaired) electrons. The van der Waals surface area contributed by atoms with Gasteiger partial charge in [-0.15, -0.1) is 11.7 Å². The van der Waals surface area contributed by atoms with Crippen LogP contribution in [0.25, 0.3) is 0 Å². The molecule has 3 N–H and O–H groups in total. The number of aliphatic hydroxyl groups excluding tert-OH is 1. The molecule has 1 aromatic heterocycles. The third-order valence-electron chi connectivity index (χ3n) is 10.7. The zero-order valence-electron chi connectivity index (χ0n) is 28.4. The second-order valence-electron chi connectivity index (χ2n) is 13.9. The molecule has 12 heteroatoms. The number of fused-ring (bicyclic) bond motifs is 2. The predicted octanol–water partition coefficient (Wildman–Crippen LogP) is 3.60. The van der Waals surface area contributed by atoms with Crippen molar-refractivity contribution >= 4 is 36.4 Å². The summed E-state index contributed by atoms with van der Waals surface area (Å²) in [6, 6.07) is 14.1. The first kappa shape index (κ1) is 34.0. The minimum absolute atomic E-state index is 0.0108. The van der Waals surface area contributed by atoms with Gasteiger partial charge >= 0.3 is 0 Å². The van der Waals surface area contributed by atoms with Gasteiger partial charge in [-0.1, -0.05) is 48.6 Å². The highest BCUT2D eigenvalue weighted by atomic mass is 28.3. The summed E-state index contributed by atoms with van der Waals surface area (Å²) in [5, 5.41) is 25.6. The van der Waals surface area contributed by atoms with Gasteiger partial charge in [0.25, 0.3) is 5.91 Å². The summed E-state index contributed by atoms with van der Waals surface area (Å²) in [5.74, 6) is 0.419. The fraction of sp³-hybridized carbons (Fsp3) is 0.500. The molecule has 2 amide bonds. The largest absolute Gasteiger partial charge is 0.497 e. The van der Waals surface area contributed by atoms with Crippen molar-refractivity contribution in [2.45, 2.75) is 69.5 Å². The first-order valence-corrected chi connectivity index (χ1v) is 20.1. The molecule has 2 aromatic carbocycles. The summed E-state index contributed by atoms with van der Waals surface area (Å²) >= 11 is 0. The second-order valence-corrected chi connectivity index (χ2v) is 18.5. The average molecular weight is 673 g/mol. The molecule has 3 aliphatic rings. The fourth-order valence-electron chi connectivity index (χ4n) is 8.23. The van der Waals surface area contributed by atoms with E-state index in [1.165, 1.54) is 5.19 Å². The van der Waals surface area contributed by atoms with Gasteiger partial charge in [-0.05, 0) is 61.7 Å². The van der Waals surface area contributed by atoms with Crippen LogP contribution in [0, 0.1) is 11.8 Å². The van der Waals surface area contributed by atoms with Gasteiger partial charge in [-0.3, -0.25) is 14.3 Å². The molecule has 256 valence electrons. The van der Waals surface area contributed by atoms with Crippen LogP contribution in [0.2, 0.25) is 18.6 Å². The van der Waals surface area contributed by atoms with Gasteiger partial charge in [0.05, 0.1) is 38.6 Å². The Morgan fingerprint density at radius 1 is 1.27 bits per heavy atom. The van der Waals surface area contributed by atoms with Crippen molar-refractivity contribution in [2.24, 2.45) is 11.8 Å². The highest BCUT2D eigenvalue weighted by Gasteiger charge is 2.66. The molecular weight excluding hydrogens is 625 g/mol. The van der Waals surface area contributed by atoms with Crippen molar-refractivity contribution in [2.75, 3.05) is 43.6 Å². The van der Waals surface area contributed by atoms with Crippen molar-refractivity contribution in [1.29, 1.82) is 0 Å². The molecule has 11 nitrogen and oxygen atoms in total. The van der Waals surface area contributed by atoms with E-state index in [-0.39, 0.29) is 41.9 Å². The van der Waals surface area contributed by atoms with E-state index in [4.69, 9.17) is 9.47 Å². The molecule has 48 heavy (non-hydrogen) atoms. The lowest BCUT2D eigenvalue weighted by atomic mass is 9.82. The van der Waals surface area contributed by atoms with Gasteiger partial charge in [0.1, 0.15) is 5.75 Å². The van der Waals surface area contributed by atoms with Crippen LogP contribution < -0.4 is 25.5 Å². The Bertz CT molecular complexity index is 1640. The summed E-state index contributed by atoms with van der Waals surface area (Å²) in [6.45, 7) is 13.3. The zero-order valence-corrected chi connectivity index (χ0v) is 29.4. The topological polar surface area (TPSA) is 131 Å². The molecule has 0 bridgehead atoms. The van der Waals surface area contributed by atoms with E-state index in [0.717, 1.165) is 42.1 Å². The molecule has 6 rings (SSSR count). The average Bonchev–Trinajstić information content (AvgIpc) is 3.74. The molecule has 5 atom stereocenters. The number of hydrogen-bond donors (Lipinski definition) is 3. The maximum atomic E-state index is 14.8. The van der Waals surface area contributed by atoms with Crippen LogP contribution in [0.1, 0.15) is 37.4 Å². The number of aromatic nitrogens is 3. The number of aliphatic hydroxyl groups is 1. The molecular formula is C36H48N6O5Si. The number of amides is 2. The monoisotopic (exact) mass is 672 g/mol. The first-order valence-electron chi connectivity index (χ1n) is 17.0. The number of carbonyl (C=O) groups excluding carboxylic acids is 2. The number of nitrogens with zero attached hydrogens (tertiary/aromatic N) is 4. The third kappa shape index (κ3) is 6.10. The predicted molar refractivity (Wildman–Crippen MR) is 188 cm³/mol. The maximum Gasteiger partial charge on any atom is 0.264 e. The number of benzene rings is 2. The lowest BCUT2D eigenvalue weighted by molar-refractivity contribution is -0.145. The van der Waals surface area contributed by atoms with Crippen molar-refractivity contribution in [3.05, 3.63) is 72.6 Å². The minimum Gasteiger partial charge on any atom is -0.497 e. The summed E-state index contributed by atoms with van der Waals surface area (Å²) in [6.07, 6.45) is 6.23. The van der Waals surface area contributed by atoms with E-state index < -0.39 is 13.7 Å². The zero-order chi connectivity index (χ0) is 34.1. The van der Waals surface area contributed by atoms with Crippen LogP contribution in [-0.2, 0) is 32.9 Å². The van der Waals surface area contributed by atoms with E-state index in [0.29, 0.717) is 38.2 Å². The molecule has 0 saturated carbocycles. The SMILES string of the molecule is C=CCN1C(=O)[C@@]2(O[C@@H](CCn3cc(CCO)nn3)[C@H]([Si](C)(C)c3ccc(OC)cc3)[C@H]2C)c2cc(NC(=O)C3CCCNC3)ccc21. The Kier molecular flexibility index (Phi) is 9.89. The van der Waals surface area contributed by atoms with Gasteiger partial charge < -0.3 is 30.1 Å². The smallest absolute Gasteiger partial charge is 0.264 e. The molecule has 4 heterocycles. The summed E-state index contributed by atoms with van der Waals surface area (Å²) in [5.41, 5.74) is 1.80. The summed E-state index contributed by atoms with van der Waals surface area (Å²) < 4.78 is 14.5. The van der Waals surface area contributed by atoms with E-state index in [1.54, 1.807) is 22.8 Å². The van der Waals surface area contributed by atoms with Crippen LogP contribution in [0.3, 0.4) is 0 Å². The Morgan fingerprint density at radius 2 is 2.06 bits per heavy atom. The third-order valence-corrected chi connectivity index (χ3v) is 15.0. The van der Waals surface area contributed by atoms with Gasteiger partial charge in [-0.25, -0.2) is 0 Å². The molecule has 3 aliphatic heterocycles. The number of hydrogen-bond acceptors (Lipinski definition) is 8. The van der Waals surface area contributed by atoms with Crippen LogP contribution in [-0.4, -0.2) is 79.4 Å². The first-order chi connectivity index (χ1) is 23.1. The van der Waals surface area contributed by atoms with Gasteiger partial charge in [-0.2, -0.15) is 0 Å². The molecule has 1 unspecified atom stereocenters. The highest BCUT2D eigenvalue weighted by molar-refractivity contribution is 6.91. The van der Waals surface area contributed by atoms with E-state index >= 15 is 0 Å². The molecule has 2 fully saturated rings. The van der Waals surface area contributed by atoms with Crippen LogP contribution >= 0.6 is 0 Å². The number of aryl methyl sites for hydroxylation is 1. The number of ether oxygens (including phenoxy) is 2. The second kappa shape index (κ2) is 13.9. The van der Waals surface area contributed by atoms with Crippen molar-refractivity contribution in [3.63, 3.8) is 0 Å². The number of methoxy groups -OCH3 is 1. The van der Waals surface area contributed by atoms with Gasteiger partial charge in [0.15, 0.2) is 5.60 Å². The van der Waals surface area contributed by atoms with E-state index in [2.05, 4.69) is 59.7 Å². The van der Waals surface area contributed by atoms with E-state index in [9.17, 15) is 14.7 Å². The quantitative estimate of drug-likeness (QED) is 0.197. The lowest BCUT2D eigenvalue weighted by Crippen LogP contribution is -2.52. The summed E-state index contributed by atoms with van der Waals surface area (Å²) in [4.78, 5) is 29.8. The Hall–Kier alpha value is -3.84. The molecule has 3 aromatic rings. The lowest BCUT2D eigenvalue weighted by Gasteiger charge is -2.37. The number of piperidine rings is 1. The number of nitrogens with one attached hydrogen (secondary N) is 2. The fourth-order valence-corrected chi connectivity index (χ4v) is 12.3. The Morgan fingerprint density at radius 3 is 2.75 bits per heavy atom. The highest BCUT2D eigenvalue weighted by Crippen LogP contribution is 2.60. The van der Waals surface area contributed by atoms with Crippen LogP contribution in [0.5, 0.6) is 5.75 Å². The molecule has 1 spiro atoms. The van der Waals surface area contributed by atoms with Crippen molar-refractivity contribution < 1.29 is 24.2 Å². The van der Waals surface area contributed by atoms with Gasteiger partial charge in [0, 0.05) is 56.0 Å². The summed E-state index contributed by atoms with van der Waals surface area (Å²) in [7, 11) is -0.660. The standard InChI is InChI=1S/C36H48N6O5Si/c1-6-18-42-31-14-9-26(38-34(44)25-8-7-17-37-22-25)21-30(31)36(35(42)45)24(2)33(48(4,5)29-12-10-28(46-3)11-13-29)32(47-36)15-19-41-23-27(16-20-43)39-40-41/h6,9-14,21,23-25,32-33,37,43H,1,7-8,15-20,22H2,2-5H3,(H,38,44)/t24-,25?,32+,33-,36+/m1/s1. The van der Waals surface area contributed by atoms with Crippen LogP contribution in [0.15, 0.2) is 61.3 Å². The van der Waals surface area contributed by atoms with E-state index in [1.807, 2.05) is 36.5 Å². The van der Waals surface area contributed by atoms with Crippen LogP contribution in [0.4, 0.5) is 11.4 Å². The van der Waals surface area contributed by atoms with Crippen molar-refractivity contribution in [1.82, 2.24) is 20.3 Å². The Labute approximate surface area is 283 Å². The maximum absolute atomic E-state index is 14.8. The molecule has 0 aliphatic carbocycles. The Balaban J connectivity index is 1.40. The number of anilines is 2. The minimum atomic E-state index is -2.33. The number of carbonyl (C=O) groups is 2. The van der Waals surface area contributed by atoms with Gasteiger partial charge in [0.2, 0.25) is 5.91 Å². The molecule has 2 saturated heterocycles. The number of rotatable bonds is 12. The van der Waals surface area contributed by atoms with Crippen molar-refractivity contribution in [3.8, 4) is 5.75 Å². The normalized spacial score (nSPS) is 25.4.